The molecule has 55 heavy (non-hydrogen) atoms. The molecule has 2 heteroatoms. The lowest BCUT2D eigenvalue weighted by molar-refractivity contribution is 0.127. The maximum absolute atomic E-state index is 10.2. The third kappa shape index (κ3) is 20.3. The van der Waals surface area contributed by atoms with Gasteiger partial charge in [0.25, 0.3) is 0 Å². The van der Waals surface area contributed by atoms with E-state index in [0.29, 0.717) is 5.75 Å². The highest BCUT2D eigenvalue weighted by atomic mass is 16.5. The van der Waals surface area contributed by atoms with Crippen LogP contribution in [0.25, 0.3) is 6.08 Å². The summed E-state index contributed by atoms with van der Waals surface area (Å²) in [5.41, 5.74) is 14.5. The second kappa shape index (κ2) is 25.6. The molecule has 1 aliphatic heterocycles. The van der Waals surface area contributed by atoms with Gasteiger partial charge in [-0.2, -0.15) is 0 Å². The summed E-state index contributed by atoms with van der Waals surface area (Å²) in [4.78, 5) is 0. The van der Waals surface area contributed by atoms with Crippen molar-refractivity contribution < 1.29 is 9.84 Å². The normalized spacial score (nSPS) is 17.4. The van der Waals surface area contributed by atoms with Crippen LogP contribution in [0.2, 0.25) is 0 Å². The Balaban J connectivity index is 1.60. The number of hydrogen-bond acceptors (Lipinski definition) is 2. The lowest BCUT2D eigenvalue weighted by Gasteiger charge is -2.33. The average molecular weight is 749 g/mol. The van der Waals surface area contributed by atoms with E-state index in [1.54, 1.807) is 0 Å². The fourth-order valence-electron chi connectivity index (χ4n) is 7.01. The van der Waals surface area contributed by atoms with Crippen LogP contribution < -0.4 is 4.74 Å². The lowest BCUT2D eigenvalue weighted by atomic mass is 9.92. The molecule has 0 aliphatic carbocycles. The van der Waals surface area contributed by atoms with Gasteiger partial charge in [-0.15, -0.1) is 0 Å². The summed E-state index contributed by atoms with van der Waals surface area (Å²) in [6.07, 6.45) is 41.7. The number of ether oxygens (including phenoxy) is 1. The number of phenols is 1. The minimum atomic E-state index is -0.327. The SMILES string of the molecule is CC(C)=CCC/C(C)=C/CC/C(C)=C\CC/C(C)=C/CC/C(C)=C/CC/C(C)=C/CC/C(C)=C/CC/C(C)=C/CCC1(C)C=Cc2cc(O)c(C)c(C)c2O1. The Morgan fingerprint density at radius 2 is 0.836 bits per heavy atom. The Bertz CT molecular complexity index is 1640. The molecule has 1 N–H and O–H groups in total. The second-order valence-corrected chi connectivity index (χ2v) is 17.3. The Morgan fingerprint density at radius 3 is 1.18 bits per heavy atom. The number of rotatable bonds is 24. The van der Waals surface area contributed by atoms with Crippen molar-refractivity contribution in [2.75, 3.05) is 0 Å². The van der Waals surface area contributed by atoms with Gasteiger partial charge in [0.15, 0.2) is 0 Å². The van der Waals surface area contributed by atoms with Crippen LogP contribution in [-0.2, 0) is 0 Å². The zero-order chi connectivity index (χ0) is 40.8. The molecule has 0 fully saturated rings. The van der Waals surface area contributed by atoms with E-state index in [-0.39, 0.29) is 5.60 Å². The van der Waals surface area contributed by atoms with Gasteiger partial charge in [0.2, 0.25) is 0 Å². The molecule has 0 bridgehead atoms. The van der Waals surface area contributed by atoms with E-state index in [1.165, 1.54) is 76.7 Å². The van der Waals surface area contributed by atoms with Crippen molar-refractivity contribution in [2.45, 2.75) is 191 Å². The number of benzene rings is 1. The van der Waals surface area contributed by atoms with Gasteiger partial charge in [-0.25, -0.2) is 0 Å². The molecule has 304 valence electrons. The molecule has 1 atom stereocenters. The number of phenolic OH excluding ortho intramolecular Hbond substituents is 1. The predicted molar refractivity (Wildman–Crippen MR) is 245 cm³/mol. The van der Waals surface area contributed by atoms with Crippen molar-refractivity contribution >= 4 is 6.08 Å². The molecule has 0 saturated heterocycles. The molecule has 0 aromatic heterocycles. The van der Waals surface area contributed by atoms with Crippen LogP contribution in [0.5, 0.6) is 11.5 Å². The Hall–Kier alpha value is -3.52. The summed E-state index contributed by atoms with van der Waals surface area (Å²) in [7, 11) is 0. The third-order valence-corrected chi connectivity index (χ3v) is 11.2. The van der Waals surface area contributed by atoms with Crippen molar-refractivity contribution in [1.29, 1.82) is 0 Å². The minimum absolute atomic E-state index is 0.327. The molecule has 1 aliphatic rings. The summed E-state index contributed by atoms with van der Waals surface area (Å²) in [5, 5.41) is 10.2. The van der Waals surface area contributed by atoms with E-state index in [4.69, 9.17) is 4.74 Å². The summed E-state index contributed by atoms with van der Waals surface area (Å²) < 4.78 is 6.47. The van der Waals surface area contributed by atoms with Gasteiger partial charge in [-0.1, -0.05) is 99.3 Å². The van der Waals surface area contributed by atoms with E-state index in [0.717, 1.165) is 93.1 Å². The Labute approximate surface area is 339 Å². The number of aromatic hydroxyl groups is 1. The van der Waals surface area contributed by atoms with Gasteiger partial charge in [0.05, 0.1) is 0 Å². The van der Waals surface area contributed by atoms with Crippen LogP contribution in [0.15, 0.2) is 105 Å². The molecule has 2 nitrogen and oxygen atoms in total. The van der Waals surface area contributed by atoms with Crippen LogP contribution in [0, 0.1) is 13.8 Å². The zero-order valence-corrected chi connectivity index (χ0v) is 37.5. The highest BCUT2D eigenvalue weighted by molar-refractivity contribution is 5.67. The quantitative estimate of drug-likeness (QED) is 0.107. The van der Waals surface area contributed by atoms with Crippen molar-refractivity contribution in [2.24, 2.45) is 0 Å². The smallest absolute Gasteiger partial charge is 0.131 e. The molecule has 0 saturated carbocycles. The molecule has 1 heterocycles. The summed E-state index contributed by atoms with van der Waals surface area (Å²) in [5.74, 6) is 1.24. The van der Waals surface area contributed by atoms with Crippen LogP contribution in [0.4, 0.5) is 0 Å². The standard InChI is InChI=1S/C53H80O2/c1-40(2)21-13-22-41(3)23-14-24-42(4)25-15-26-43(5)27-16-28-44(6)29-17-30-45(7)31-18-32-46(8)33-19-34-47(9)35-20-37-53(12)38-36-50-39-51(54)48(10)49(11)52(50)55-53/h21,23,25,27,29,31,33,35-36,38-39,54H,13-20,22,24,26,28,30,32,34,37H2,1-12H3/b41-23+,42-25-,43-27+,44-29+,45-31+,46-33+,47-35+. The third-order valence-electron chi connectivity index (χ3n) is 11.2. The van der Waals surface area contributed by atoms with Gasteiger partial charge < -0.3 is 9.84 Å². The first-order valence-electron chi connectivity index (χ1n) is 21.5. The molecular weight excluding hydrogens is 669 g/mol. The second-order valence-electron chi connectivity index (χ2n) is 17.3. The predicted octanol–water partition coefficient (Wildman–Crippen LogP) is 17.0. The van der Waals surface area contributed by atoms with Crippen molar-refractivity contribution in [3.63, 3.8) is 0 Å². The fourth-order valence-corrected chi connectivity index (χ4v) is 7.01. The minimum Gasteiger partial charge on any atom is -0.508 e. The molecule has 1 aromatic carbocycles. The highest BCUT2D eigenvalue weighted by Gasteiger charge is 2.28. The maximum atomic E-state index is 10.2. The van der Waals surface area contributed by atoms with Gasteiger partial charge in [-0.05, 0) is 209 Å². The molecule has 0 spiro atoms. The average Bonchev–Trinajstić information content (AvgIpc) is 3.11. The van der Waals surface area contributed by atoms with E-state index < -0.39 is 0 Å². The van der Waals surface area contributed by atoms with Gasteiger partial charge in [0, 0.05) is 5.56 Å². The van der Waals surface area contributed by atoms with Crippen LogP contribution >= 0.6 is 0 Å². The van der Waals surface area contributed by atoms with Crippen LogP contribution in [0.3, 0.4) is 0 Å². The van der Waals surface area contributed by atoms with E-state index in [9.17, 15) is 5.11 Å². The molecule has 1 unspecified atom stereocenters. The fraction of sp³-hybridized carbons (Fsp3) is 0.547. The van der Waals surface area contributed by atoms with Gasteiger partial charge >= 0.3 is 0 Å². The van der Waals surface area contributed by atoms with E-state index >= 15 is 0 Å². The summed E-state index contributed by atoms with van der Waals surface area (Å²) in [6, 6.07) is 1.81. The topological polar surface area (TPSA) is 29.5 Å². The Morgan fingerprint density at radius 1 is 0.509 bits per heavy atom. The maximum Gasteiger partial charge on any atom is 0.131 e. The Kier molecular flexibility index (Phi) is 22.2. The van der Waals surface area contributed by atoms with E-state index in [1.807, 2.05) is 19.9 Å². The first-order valence-corrected chi connectivity index (χ1v) is 21.5. The number of allylic oxidation sites excluding steroid dienone is 16. The van der Waals surface area contributed by atoms with E-state index in [2.05, 4.69) is 130 Å². The number of hydrogen-bond donors (Lipinski definition) is 1. The van der Waals surface area contributed by atoms with Crippen LogP contribution in [0.1, 0.15) is 189 Å². The van der Waals surface area contributed by atoms with Gasteiger partial charge in [0.1, 0.15) is 17.1 Å². The first-order chi connectivity index (χ1) is 26.1. The molecule has 1 aromatic rings. The summed E-state index contributed by atoms with van der Waals surface area (Å²) in [6.45, 7) is 26.5. The molecule has 0 amide bonds. The molecule has 2 rings (SSSR count). The summed E-state index contributed by atoms with van der Waals surface area (Å²) >= 11 is 0. The highest BCUT2D eigenvalue weighted by Crippen LogP contribution is 2.40. The zero-order valence-electron chi connectivity index (χ0n) is 37.5. The molecular formula is C53H80O2. The van der Waals surface area contributed by atoms with Crippen molar-refractivity contribution in [3.05, 3.63) is 122 Å². The van der Waals surface area contributed by atoms with Crippen molar-refractivity contribution in [3.8, 4) is 11.5 Å². The number of fused-ring (bicyclic) bond motifs is 1. The first kappa shape index (κ1) is 47.6. The van der Waals surface area contributed by atoms with Crippen LogP contribution in [-0.4, -0.2) is 10.7 Å². The molecule has 0 radical (unpaired) electrons. The van der Waals surface area contributed by atoms with Gasteiger partial charge in [-0.3, -0.25) is 0 Å². The lowest BCUT2D eigenvalue weighted by Crippen LogP contribution is -2.32. The van der Waals surface area contributed by atoms with Crippen molar-refractivity contribution in [1.82, 2.24) is 0 Å². The largest absolute Gasteiger partial charge is 0.508 e. The monoisotopic (exact) mass is 749 g/mol.